The van der Waals surface area contributed by atoms with Crippen LogP contribution in [-0.2, 0) is 10.0 Å². The molecule has 0 heterocycles. The fourth-order valence-corrected chi connectivity index (χ4v) is 4.13. The van der Waals surface area contributed by atoms with Crippen LogP contribution in [0, 0.1) is 10.1 Å². The van der Waals surface area contributed by atoms with E-state index in [4.69, 9.17) is 4.74 Å². The van der Waals surface area contributed by atoms with Gasteiger partial charge in [-0.05, 0) is 30.3 Å². The Kier molecular flexibility index (Phi) is 6.71. The minimum atomic E-state index is -3.67. The molecule has 0 atom stereocenters. The van der Waals surface area contributed by atoms with E-state index in [2.05, 4.69) is 5.32 Å². The molecule has 1 N–H and O–H groups in total. The fraction of sp³-hybridized carbons (Fsp3) is 0.278. The zero-order valence-electron chi connectivity index (χ0n) is 15.7. The summed E-state index contributed by atoms with van der Waals surface area (Å²) >= 11 is 0. The molecule has 0 aliphatic rings. The van der Waals surface area contributed by atoms with Gasteiger partial charge >= 0.3 is 5.69 Å². The summed E-state index contributed by atoms with van der Waals surface area (Å²) in [7, 11) is -2.38. The number of hydrogen-bond donors (Lipinski definition) is 1. The Morgan fingerprint density at radius 2 is 1.86 bits per heavy atom. The van der Waals surface area contributed by atoms with Gasteiger partial charge in [-0.25, -0.2) is 8.42 Å². The molecule has 10 heteroatoms. The van der Waals surface area contributed by atoms with E-state index in [0.717, 1.165) is 6.07 Å². The number of rotatable bonds is 8. The lowest BCUT2D eigenvalue weighted by atomic mass is 10.1. The van der Waals surface area contributed by atoms with Crippen molar-refractivity contribution in [3.63, 3.8) is 0 Å². The number of benzene rings is 2. The van der Waals surface area contributed by atoms with Crippen molar-refractivity contribution in [1.82, 2.24) is 4.31 Å². The van der Waals surface area contributed by atoms with E-state index in [-0.39, 0.29) is 27.6 Å². The van der Waals surface area contributed by atoms with Gasteiger partial charge in [0.15, 0.2) is 5.75 Å². The van der Waals surface area contributed by atoms with E-state index >= 15 is 0 Å². The Bertz CT molecular complexity index is 987. The summed E-state index contributed by atoms with van der Waals surface area (Å²) in [6.45, 7) is 4.13. The van der Waals surface area contributed by atoms with E-state index < -0.39 is 20.9 Å². The van der Waals surface area contributed by atoms with Gasteiger partial charge in [0.05, 0.1) is 16.9 Å². The van der Waals surface area contributed by atoms with Crippen molar-refractivity contribution in [2.45, 2.75) is 18.7 Å². The molecule has 0 bridgehead atoms. The second-order valence-corrected chi connectivity index (χ2v) is 7.65. The van der Waals surface area contributed by atoms with E-state index in [1.54, 1.807) is 13.8 Å². The monoisotopic (exact) mass is 407 g/mol. The van der Waals surface area contributed by atoms with Crippen molar-refractivity contribution in [3.8, 4) is 5.75 Å². The molecule has 1 amide bonds. The molecule has 0 aliphatic carbocycles. The number of carbonyl (C=O) groups excluding carboxylic acids is 1. The van der Waals surface area contributed by atoms with Gasteiger partial charge in [0.1, 0.15) is 0 Å². The van der Waals surface area contributed by atoms with Crippen LogP contribution in [0.25, 0.3) is 0 Å². The van der Waals surface area contributed by atoms with E-state index in [1.807, 2.05) is 0 Å². The molecule has 150 valence electrons. The Labute approximate surface area is 163 Å². The van der Waals surface area contributed by atoms with Crippen LogP contribution in [0.1, 0.15) is 24.2 Å². The summed E-state index contributed by atoms with van der Waals surface area (Å²) in [5.74, 6) is -0.572. The van der Waals surface area contributed by atoms with E-state index in [0.29, 0.717) is 13.1 Å². The number of sulfonamides is 1. The average molecular weight is 407 g/mol. The van der Waals surface area contributed by atoms with Gasteiger partial charge < -0.3 is 10.1 Å². The van der Waals surface area contributed by atoms with Crippen molar-refractivity contribution < 1.29 is 22.9 Å². The molecule has 0 radical (unpaired) electrons. The summed E-state index contributed by atoms with van der Waals surface area (Å²) < 4.78 is 31.5. The maximum atomic E-state index is 12.6. The molecule has 0 spiro atoms. The third-order valence-electron chi connectivity index (χ3n) is 4.07. The largest absolute Gasteiger partial charge is 0.490 e. The molecule has 0 aromatic heterocycles. The number of amides is 1. The number of hydrogen-bond acceptors (Lipinski definition) is 6. The number of nitro groups is 1. The van der Waals surface area contributed by atoms with Gasteiger partial charge in [-0.3, -0.25) is 14.9 Å². The number of carbonyl (C=O) groups is 1. The number of nitrogens with one attached hydrogen (secondary N) is 1. The predicted octanol–water partition coefficient (Wildman–Crippen LogP) is 2.89. The number of anilines is 1. The highest BCUT2D eigenvalue weighted by atomic mass is 32.2. The quantitative estimate of drug-likeness (QED) is 0.531. The average Bonchev–Trinajstić information content (AvgIpc) is 2.68. The van der Waals surface area contributed by atoms with Crippen molar-refractivity contribution in [2.24, 2.45) is 0 Å². The highest BCUT2D eigenvalue weighted by molar-refractivity contribution is 7.89. The summed E-state index contributed by atoms with van der Waals surface area (Å²) in [6.07, 6.45) is 0. The first kappa shape index (κ1) is 21.3. The lowest BCUT2D eigenvalue weighted by molar-refractivity contribution is -0.385. The molecular formula is C18H21N3O6S. The molecule has 2 aromatic carbocycles. The standard InChI is InChI=1S/C18H21N3O6S/c1-4-20(5-2)28(25,26)15-8-6-7-14(12-15)19-18(22)13-9-10-17(27-3)16(11-13)21(23)24/h6-12H,4-5H2,1-3H3,(H,19,22). The van der Waals surface area contributed by atoms with Crippen molar-refractivity contribution in [1.29, 1.82) is 0 Å². The smallest absolute Gasteiger partial charge is 0.311 e. The summed E-state index contributed by atoms with van der Waals surface area (Å²) in [5, 5.41) is 13.7. The molecule has 0 unspecified atom stereocenters. The Morgan fingerprint density at radius 1 is 1.18 bits per heavy atom. The third kappa shape index (κ3) is 4.46. The Balaban J connectivity index is 2.31. The van der Waals surface area contributed by atoms with Crippen LogP contribution in [0.2, 0.25) is 0 Å². The molecule has 28 heavy (non-hydrogen) atoms. The molecule has 0 saturated carbocycles. The third-order valence-corrected chi connectivity index (χ3v) is 6.12. The summed E-state index contributed by atoms with van der Waals surface area (Å²) in [4.78, 5) is 23.0. The second-order valence-electron chi connectivity index (χ2n) is 5.72. The van der Waals surface area contributed by atoms with Crippen LogP contribution >= 0.6 is 0 Å². The normalized spacial score (nSPS) is 11.3. The second kappa shape index (κ2) is 8.81. The van der Waals surface area contributed by atoms with Gasteiger partial charge in [0.25, 0.3) is 5.91 Å². The molecular weight excluding hydrogens is 386 g/mol. The number of methoxy groups -OCH3 is 1. The first-order valence-electron chi connectivity index (χ1n) is 8.48. The van der Waals surface area contributed by atoms with Crippen LogP contribution < -0.4 is 10.1 Å². The predicted molar refractivity (Wildman–Crippen MR) is 104 cm³/mol. The van der Waals surface area contributed by atoms with E-state index in [1.165, 1.54) is 47.8 Å². The van der Waals surface area contributed by atoms with Gasteiger partial charge in [-0.1, -0.05) is 19.9 Å². The molecule has 9 nitrogen and oxygen atoms in total. The van der Waals surface area contributed by atoms with Crippen LogP contribution in [0.4, 0.5) is 11.4 Å². The van der Waals surface area contributed by atoms with Gasteiger partial charge in [-0.15, -0.1) is 0 Å². The number of nitro benzene ring substituents is 1. The first-order chi connectivity index (χ1) is 13.2. The van der Waals surface area contributed by atoms with Crippen LogP contribution in [-0.4, -0.2) is 43.8 Å². The Hall–Kier alpha value is -2.98. The lowest BCUT2D eigenvalue weighted by Crippen LogP contribution is -2.30. The van der Waals surface area contributed by atoms with Crippen LogP contribution in [0.3, 0.4) is 0 Å². The van der Waals surface area contributed by atoms with Gasteiger partial charge in [-0.2, -0.15) is 4.31 Å². The summed E-state index contributed by atoms with van der Waals surface area (Å²) in [5.41, 5.74) is -0.0331. The maximum Gasteiger partial charge on any atom is 0.311 e. The lowest BCUT2D eigenvalue weighted by Gasteiger charge is -2.18. The zero-order valence-corrected chi connectivity index (χ0v) is 16.5. The minimum Gasteiger partial charge on any atom is -0.490 e. The highest BCUT2D eigenvalue weighted by Gasteiger charge is 2.22. The van der Waals surface area contributed by atoms with E-state index in [9.17, 15) is 23.3 Å². The van der Waals surface area contributed by atoms with Crippen molar-refractivity contribution in [2.75, 3.05) is 25.5 Å². The Morgan fingerprint density at radius 3 is 2.43 bits per heavy atom. The van der Waals surface area contributed by atoms with Crippen molar-refractivity contribution >= 4 is 27.3 Å². The molecule has 2 rings (SSSR count). The SMILES string of the molecule is CCN(CC)S(=O)(=O)c1cccc(NC(=O)c2ccc(OC)c([N+](=O)[O-])c2)c1. The minimum absolute atomic E-state index is 0.0360. The van der Waals surface area contributed by atoms with Gasteiger partial charge in [0, 0.05) is 30.4 Å². The molecule has 0 fully saturated rings. The number of nitrogens with zero attached hydrogens (tertiary/aromatic N) is 2. The van der Waals surface area contributed by atoms with Gasteiger partial charge in [0.2, 0.25) is 10.0 Å². The van der Waals surface area contributed by atoms with Crippen LogP contribution in [0.15, 0.2) is 47.4 Å². The molecule has 0 aliphatic heterocycles. The molecule has 2 aromatic rings. The highest BCUT2D eigenvalue weighted by Crippen LogP contribution is 2.28. The molecule has 0 saturated heterocycles. The summed E-state index contributed by atoms with van der Waals surface area (Å²) in [6, 6.07) is 9.67. The van der Waals surface area contributed by atoms with Crippen LogP contribution in [0.5, 0.6) is 5.75 Å². The number of ether oxygens (including phenoxy) is 1. The zero-order chi connectivity index (χ0) is 20.9. The fourth-order valence-electron chi connectivity index (χ4n) is 2.62. The van der Waals surface area contributed by atoms with Crippen molar-refractivity contribution in [3.05, 3.63) is 58.1 Å². The first-order valence-corrected chi connectivity index (χ1v) is 9.92. The topological polar surface area (TPSA) is 119 Å². The maximum absolute atomic E-state index is 12.6.